The molecular weight excluding hydrogens is 538 g/mol. The van der Waals surface area contributed by atoms with Crippen LogP contribution in [0.5, 0.6) is 5.75 Å². The number of carbonyl (C=O) groups excluding carboxylic acids is 3. The number of likely N-dealkylation sites (tertiary alicyclic amines) is 1. The van der Waals surface area contributed by atoms with Crippen molar-refractivity contribution in [1.82, 2.24) is 9.80 Å². The van der Waals surface area contributed by atoms with Gasteiger partial charge in [-0.05, 0) is 76.0 Å². The fourth-order valence-corrected chi connectivity index (χ4v) is 7.47. The Labute approximate surface area is 237 Å². The molecule has 1 aromatic carbocycles. The van der Waals surface area contributed by atoms with Gasteiger partial charge in [0.1, 0.15) is 22.8 Å². The van der Waals surface area contributed by atoms with Gasteiger partial charge in [0.15, 0.2) is 11.4 Å². The van der Waals surface area contributed by atoms with Crippen molar-refractivity contribution in [2.75, 3.05) is 27.2 Å². The molecule has 40 heavy (non-hydrogen) atoms. The van der Waals surface area contributed by atoms with Crippen LogP contribution in [0.25, 0.3) is 0 Å². The number of carbonyl (C=O) groups is 3. The van der Waals surface area contributed by atoms with E-state index in [2.05, 4.69) is 4.90 Å². The normalized spacial score (nSPS) is 29.6. The number of likely N-dealkylation sites (N-methyl/N-ethyl adjacent to an activating group) is 1. The van der Waals surface area contributed by atoms with Gasteiger partial charge in [0, 0.05) is 23.1 Å². The van der Waals surface area contributed by atoms with E-state index >= 15 is 0 Å². The van der Waals surface area contributed by atoms with Gasteiger partial charge in [-0.25, -0.2) is 0 Å². The molecule has 4 aliphatic rings. The maximum Gasteiger partial charge on any atom is 0.255 e. The van der Waals surface area contributed by atoms with E-state index in [-0.39, 0.29) is 29.7 Å². The van der Waals surface area contributed by atoms with Gasteiger partial charge in [0.2, 0.25) is 5.78 Å². The van der Waals surface area contributed by atoms with Crippen LogP contribution in [0.1, 0.15) is 60.0 Å². The van der Waals surface area contributed by atoms with Crippen molar-refractivity contribution in [3.05, 3.63) is 50.4 Å². The second kappa shape index (κ2) is 10.5. The SMILES string of the molecule is CN(C)[C@@H]1C(O)=C(C(N)=O)C(=O)[C@@]2(O)C(O)=C3C(=O)c4c(O)cc(CN5CCCCCCC5)c(Cl)c4C[C@H]3C[C@@H]12. The molecule has 5 rings (SSSR count). The Bertz CT molecular complexity index is 1350. The van der Waals surface area contributed by atoms with Crippen molar-refractivity contribution >= 4 is 29.1 Å². The molecule has 1 amide bonds. The topological polar surface area (TPSA) is 165 Å². The molecule has 0 saturated carbocycles. The zero-order chi connectivity index (χ0) is 29.1. The highest BCUT2D eigenvalue weighted by molar-refractivity contribution is 6.33. The largest absolute Gasteiger partial charge is 0.510 e. The highest BCUT2D eigenvalue weighted by atomic mass is 35.5. The number of phenols is 1. The minimum Gasteiger partial charge on any atom is -0.510 e. The highest BCUT2D eigenvalue weighted by Gasteiger charge is 2.63. The third-order valence-electron chi connectivity index (χ3n) is 9.07. The molecule has 4 atom stereocenters. The number of Topliss-reactive ketones (excluding diaryl/α,β-unsaturated/α-hetero) is 2. The van der Waals surface area contributed by atoms with Gasteiger partial charge in [0.05, 0.1) is 11.6 Å². The number of fused-ring (bicyclic) bond motifs is 3. The molecule has 1 heterocycles. The number of aliphatic hydroxyl groups is 3. The molecule has 0 unspecified atom stereocenters. The monoisotopic (exact) mass is 573 g/mol. The number of hydrogen-bond acceptors (Lipinski definition) is 9. The molecule has 1 aliphatic heterocycles. The van der Waals surface area contributed by atoms with Crippen LogP contribution < -0.4 is 5.73 Å². The van der Waals surface area contributed by atoms with Crippen LogP contribution >= 0.6 is 11.6 Å². The van der Waals surface area contributed by atoms with Gasteiger partial charge in [-0.2, -0.15) is 0 Å². The standard InChI is InChI=1S/C29H36ClN3O7/c1-32(2)23-17-11-14-10-16-20(18(34)12-15(22(16)30)13-33-8-6-4-3-5-7-9-33)24(35)19(14)26(37)29(17,40)27(38)21(25(23)36)28(31)39/h12,14,17,23,34,36-37,40H,3-11,13H2,1-2H3,(H2,31,39)/t14-,17-,23-,29-/m0/s1. The summed E-state index contributed by atoms with van der Waals surface area (Å²) in [5.74, 6) is -6.73. The van der Waals surface area contributed by atoms with E-state index in [4.69, 9.17) is 17.3 Å². The van der Waals surface area contributed by atoms with Crippen LogP contribution in [0.4, 0.5) is 0 Å². The summed E-state index contributed by atoms with van der Waals surface area (Å²) in [6.45, 7) is 2.36. The van der Waals surface area contributed by atoms with Crippen LogP contribution in [-0.2, 0) is 22.6 Å². The maximum absolute atomic E-state index is 13.8. The number of aromatic hydroxyl groups is 1. The first-order valence-electron chi connectivity index (χ1n) is 13.8. The molecule has 1 saturated heterocycles. The summed E-state index contributed by atoms with van der Waals surface area (Å²) >= 11 is 6.89. The van der Waals surface area contributed by atoms with Gasteiger partial charge in [0.25, 0.3) is 5.91 Å². The van der Waals surface area contributed by atoms with Crippen LogP contribution in [0.15, 0.2) is 28.7 Å². The zero-order valence-electron chi connectivity index (χ0n) is 22.7. The van der Waals surface area contributed by atoms with E-state index in [1.807, 2.05) is 0 Å². The van der Waals surface area contributed by atoms with Crippen molar-refractivity contribution in [2.45, 2.75) is 63.1 Å². The third-order valence-corrected chi connectivity index (χ3v) is 9.54. The number of rotatable bonds is 4. The first kappa shape index (κ1) is 28.6. The van der Waals surface area contributed by atoms with Gasteiger partial charge in [-0.3, -0.25) is 24.2 Å². The van der Waals surface area contributed by atoms with Gasteiger partial charge in [-0.15, -0.1) is 0 Å². The summed E-state index contributed by atoms with van der Waals surface area (Å²) in [5.41, 5.74) is 2.80. The Balaban J connectivity index is 1.58. The molecule has 216 valence electrons. The van der Waals surface area contributed by atoms with Gasteiger partial charge in [-0.1, -0.05) is 30.9 Å². The Hall–Kier alpha value is -2.92. The summed E-state index contributed by atoms with van der Waals surface area (Å²) in [4.78, 5) is 43.1. The molecule has 1 aromatic rings. The number of nitrogens with zero attached hydrogens (tertiary/aromatic N) is 2. The van der Waals surface area contributed by atoms with Gasteiger partial charge >= 0.3 is 0 Å². The number of benzene rings is 1. The highest BCUT2D eigenvalue weighted by Crippen LogP contribution is 2.53. The Morgan fingerprint density at radius 3 is 2.35 bits per heavy atom. The number of aliphatic hydroxyl groups excluding tert-OH is 2. The molecule has 0 bridgehead atoms. The van der Waals surface area contributed by atoms with Gasteiger partial charge < -0.3 is 26.2 Å². The molecule has 0 spiro atoms. The Morgan fingerprint density at radius 2 is 1.75 bits per heavy atom. The van der Waals surface area contributed by atoms with Crippen LogP contribution in [0.3, 0.4) is 0 Å². The van der Waals surface area contributed by atoms with E-state index in [0.717, 1.165) is 25.9 Å². The molecule has 0 radical (unpaired) electrons. The van der Waals surface area contributed by atoms with Crippen LogP contribution in [-0.4, -0.2) is 86.5 Å². The number of phenolic OH excluding ortho intramolecular Hbond substituents is 1. The number of hydrogen-bond donors (Lipinski definition) is 5. The summed E-state index contributed by atoms with van der Waals surface area (Å²) in [7, 11) is 3.19. The fourth-order valence-electron chi connectivity index (χ4n) is 7.18. The Kier molecular flexibility index (Phi) is 7.50. The quantitative estimate of drug-likeness (QED) is 0.340. The van der Waals surface area contributed by atoms with E-state index in [9.17, 15) is 34.8 Å². The van der Waals surface area contributed by atoms with Crippen molar-refractivity contribution < 1.29 is 34.8 Å². The molecule has 3 aliphatic carbocycles. The van der Waals surface area contributed by atoms with Crippen molar-refractivity contribution in [3.8, 4) is 5.75 Å². The van der Waals surface area contributed by atoms with Crippen molar-refractivity contribution in [1.29, 1.82) is 0 Å². The molecule has 6 N–H and O–H groups in total. The number of ketones is 2. The lowest BCUT2D eigenvalue weighted by atomic mass is 9.58. The summed E-state index contributed by atoms with van der Waals surface area (Å²) < 4.78 is 0. The average Bonchev–Trinajstić information content (AvgIpc) is 2.85. The first-order chi connectivity index (χ1) is 18.9. The first-order valence-corrected chi connectivity index (χ1v) is 14.2. The minimum atomic E-state index is -2.66. The maximum atomic E-state index is 13.8. The second-order valence-corrected chi connectivity index (χ2v) is 12.1. The number of nitrogens with two attached hydrogens (primary N) is 1. The lowest BCUT2D eigenvalue weighted by Crippen LogP contribution is -2.63. The van der Waals surface area contributed by atoms with Crippen LogP contribution in [0.2, 0.25) is 5.02 Å². The number of allylic oxidation sites excluding steroid dienone is 1. The Morgan fingerprint density at radius 1 is 1.12 bits per heavy atom. The molecule has 11 heteroatoms. The van der Waals surface area contributed by atoms with E-state index in [1.54, 1.807) is 14.1 Å². The van der Waals surface area contributed by atoms with E-state index < -0.39 is 58.0 Å². The van der Waals surface area contributed by atoms with Crippen molar-refractivity contribution in [2.24, 2.45) is 17.6 Å². The fraction of sp³-hybridized carbons (Fsp3) is 0.552. The number of amides is 1. The minimum absolute atomic E-state index is 0.0270. The van der Waals surface area contributed by atoms with Crippen LogP contribution in [0, 0.1) is 11.8 Å². The lowest BCUT2D eigenvalue weighted by Gasteiger charge is -2.50. The average molecular weight is 574 g/mol. The summed E-state index contributed by atoms with van der Waals surface area (Å²) in [6.07, 6.45) is 5.94. The molecule has 1 fully saturated rings. The third kappa shape index (κ3) is 4.32. The summed E-state index contributed by atoms with van der Waals surface area (Å²) in [5, 5.41) is 45.4. The zero-order valence-corrected chi connectivity index (χ0v) is 23.5. The predicted molar refractivity (Wildman–Crippen MR) is 147 cm³/mol. The number of halogens is 1. The smallest absolute Gasteiger partial charge is 0.255 e. The molecular formula is C29H36ClN3O7. The van der Waals surface area contributed by atoms with Crippen molar-refractivity contribution in [3.63, 3.8) is 0 Å². The van der Waals surface area contributed by atoms with E-state index in [0.29, 0.717) is 22.7 Å². The number of primary amides is 1. The molecule has 10 nitrogen and oxygen atoms in total. The molecule has 0 aromatic heterocycles. The van der Waals surface area contributed by atoms with E-state index in [1.165, 1.54) is 30.2 Å². The second-order valence-electron chi connectivity index (χ2n) is 11.7. The predicted octanol–water partition coefficient (Wildman–Crippen LogP) is 2.54. The lowest BCUT2D eigenvalue weighted by molar-refractivity contribution is -0.148. The summed E-state index contributed by atoms with van der Waals surface area (Å²) in [6, 6.07) is 0.448.